The number of rotatable bonds is 6. The van der Waals surface area contributed by atoms with E-state index in [0.717, 1.165) is 34.9 Å². The van der Waals surface area contributed by atoms with Crippen molar-refractivity contribution < 1.29 is 9.21 Å². The molecule has 0 saturated heterocycles. The van der Waals surface area contributed by atoms with Crippen LogP contribution in [0.1, 0.15) is 35.6 Å². The third-order valence-electron chi connectivity index (χ3n) is 4.81. The van der Waals surface area contributed by atoms with Crippen LogP contribution in [0.2, 0.25) is 0 Å². The van der Waals surface area contributed by atoms with E-state index in [0.29, 0.717) is 6.42 Å². The molecule has 0 aliphatic heterocycles. The Hall–Kier alpha value is -2.55. The van der Waals surface area contributed by atoms with Gasteiger partial charge < -0.3 is 9.73 Å². The third kappa shape index (κ3) is 4.11. The summed E-state index contributed by atoms with van der Waals surface area (Å²) in [5, 5.41) is 4.14. The van der Waals surface area contributed by atoms with Gasteiger partial charge in [0.15, 0.2) is 0 Å². The number of benzene rings is 2. The molecule has 0 unspecified atom stereocenters. The molecule has 1 atom stereocenters. The van der Waals surface area contributed by atoms with Crippen molar-refractivity contribution in [3.05, 3.63) is 71.0 Å². The van der Waals surface area contributed by atoms with Crippen LogP contribution in [0.25, 0.3) is 11.0 Å². The van der Waals surface area contributed by atoms with Crippen molar-refractivity contribution in [2.24, 2.45) is 0 Å². The lowest BCUT2D eigenvalue weighted by Gasteiger charge is -2.13. The molecule has 3 rings (SSSR count). The van der Waals surface area contributed by atoms with Gasteiger partial charge in [-0.05, 0) is 50.3 Å². The van der Waals surface area contributed by atoms with Gasteiger partial charge in [0, 0.05) is 17.0 Å². The molecule has 1 heterocycles. The molecular formula is C22H25NO2. The van der Waals surface area contributed by atoms with Gasteiger partial charge in [0.25, 0.3) is 0 Å². The molecule has 0 aliphatic carbocycles. The lowest BCUT2D eigenvalue weighted by atomic mass is 10.0. The van der Waals surface area contributed by atoms with Gasteiger partial charge in [-0.3, -0.25) is 4.79 Å². The second-order valence-corrected chi connectivity index (χ2v) is 6.81. The smallest absolute Gasteiger partial charge is 0.224 e. The zero-order chi connectivity index (χ0) is 17.8. The minimum Gasteiger partial charge on any atom is -0.464 e. The number of aryl methyl sites for hydroxylation is 3. The molecule has 0 radical (unpaired) electrons. The zero-order valence-electron chi connectivity index (χ0n) is 15.1. The maximum absolute atomic E-state index is 12.4. The van der Waals surface area contributed by atoms with Crippen LogP contribution in [0.3, 0.4) is 0 Å². The van der Waals surface area contributed by atoms with E-state index in [4.69, 9.17) is 4.42 Å². The molecule has 2 aromatic carbocycles. The third-order valence-corrected chi connectivity index (χ3v) is 4.81. The van der Waals surface area contributed by atoms with Crippen molar-refractivity contribution in [2.75, 3.05) is 0 Å². The monoisotopic (exact) mass is 335 g/mol. The van der Waals surface area contributed by atoms with Crippen molar-refractivity contribution >= 4 is 16.9 Å². The Morgan fingerprint density at radius 1 is 1.12 bits per heavy atom. The Bertz CT molecular complexity index is 864. The molecule has 1 amide bonds. The highest BCUT2D eigenvalue weighted by molar-refractivity contribution is 5.89. The Balaban J connectivity index is 1.58. The molecule has 3 nitrogen and oxygen atoms in total. The van der Waals surface area contributed by atoms with Gasteiger partial charge in [-0.15, -0.1) is 0 Å². The molecule has 0 aliphatic rings. The molecule has 130 valence electrons. The van der Waals surface area contributed by atoms with Crippen LogP contribution in [-0.4, -0.2) is 11.9 Å². The van der Waals surface area contributed by atoms with Gasteiger partial charge in [0.05, 0.1) is 12.7 Å². The zero-order valence-corrected chi connectivity index (χ0v) is 15.1. The van der Waals surface area contributed by atoms with Gasteiger partial charge in [-0.2, -0.15) is 0 Å². The predicted octanol–water partition coefficient (Wildman–Crippen LogP) is 4.73. The predicted molar refractivity (Wildman–Crippen MR) is 102 cm³/mol. The van der Waals surface area contributed by atoms with Crippen molar-refractivity contribution in [3.8, 4) is 0 Å². The summed E-state index contributed by atoms with van der Waals surface area (Å²) in [6.45, 7) is 6.18. The summed E-state index contributed by atoms with van der Waals surface area (Å²) in [6.07, 6.45) is 3.96. The van der Waals surface area contributed by atoms with E-state index < -0.39 is 0 Å². The fourth-order valence-electron chi connectivity index (χ4n) is 3.12. The van der Waals surface area contributed by atoms with E-state index in [-0.39, 0.29) is 11.9 Å². The second-order valence-electron chi connectivity index (χ2n) is 6.81. The Labute approximate surface area is 149 Å². The van der Waals surface area contributed by atoms with Crippen LogP contribution < -0.4 is 5.32 Å². The summed E-state index contributed by atoms with van der Waals surface area (Å²) in [6, 6.07) is 14.6. The normalized spacial score (nSPS) is 12.3. The first-order chi connectivity index (χ1) is 12.0. The summed E-state index contributed by atoms with van der Waals surface area (Å²) in [5.41, 5.74) is 5.48. The van der Waals surface area contributed by atoms with E-state index in [1.165, 1.54) is 11.1 Å². The lowest BCUT2D eigenvalue weighted by molar-refractivity contribution is -0.121. The quantitative estimate of drug-likeness (QED) is 0.707. The average molecular weight is 335 g/mol. The fourth-order valence-corrected chi connectivity index (χ4v) is 3.12. The number of amides is 1. The van der Waals surface area contributed by atoms with E-state index in [1.807, 2.05) is 24.3 Å². The summed E-state index contributed by atoms with van der Waals surface area (Å²) < 4.78 is 5.69. The van der Waals surface area contributed by atoms with E-state index >= 15 is 0 Å². The molecule has 0 bridgehead atoms. The standard InChI is InChI=1S/C22H25NO2/c1-15-9-12-20-19(14-25-22(20)17(15)3)13-21(24)23-16(2)10-11-18-7-5-4-6-8-18/h4-9,12,14,16H,10-11,13H2,1-3H3,(H,23,24)/t16-/m1/s1. The van der Waals surface area contributed by atoms with Gasteiger partial charge in [0.1, 0.15) is 5.58 Å². The van der Waals surface area contributed by atoms with Crippen molar-refractivity contribution in [1.82, 2.24) is 5.32 Å². The lowest BCUT2D eigenvalue weighted by Crippen LogP contribution is -2.34. The van der Waals surface area contributed by atoms with Gasteiger partial charge >= 0.3 is 0 Å². The minimum absolute atomic E-state index is 0.0430. The number of nitrogens with one attached hydrogen (secondary N) is 1. The van der Waals surface area contributed by atoms with Crippen LogP contribution in [0.5, 0.6) is 0 Å². The average Bonchev–Trinajstić information content (AvgIpc) is 3.00. The van der Waals surface area contributed by atoms with E-state index in [1.54, 1.807) is 6.26 Å². The molecule has 3 heteroatoms. The largest absolute Gasteiger partial charge is 0.464 e. The summed E-state index contributed by atoms with van der Waals surface area (Å²) in [4.78, 5) is 12.4. The van der Waals surface area contributed by atoms with Crippen LogP contribution >= 0.6 is 0 Å². The number of carbonyl (C=O) groups excluding carboxylic acids is 1. The number of hydrogen-bond donors (Lipinski definition) is 1. The van der Waals surface area contributed by atoms with Crippen LogP contribution in [-0.2, 0) is 17.6 Å². The van der Waals surface area contributed by atoms with Crippen molar-refractivity contribution in [2.45, 2.75) is 46.1 Å². The highest BCUT2D eigenvalue weighted by atomic mass is 16.3. The number of hydrogen-bond acceptors (Lipinski definition) is 2. The first-order valence-electron chi connectivity index (χ1n) is 8.84. The molecule has 1 N–H and O–H groups in total. The maximum Gasteiger partial charge on any atom is 0.224 e. The Morgan fingerprint density at radius 3 is 2.64 bits per heavy atom. The molecule has 3 aromatic rings. The SMILES string of the molecule is Cc1ccc2c(CC(=O)N[C@H](C)CCc3ccccc3)coc2c1C. The van der Waals surface area contributed by atoms with Crippen molar-refractivity contribution in [1.29, 1.82) is 0 Å². The topological polar surface area (TPSA) is 42.2 Å². The minimum atomic E-state index is 0.0430. The molecule has 0 fully saturated rings. The molecule has 0 spiro atoms. The molecule has 25 heavy (non-hydrogen) atoms. The molecule has 0 saturated carbocycles. The fraction of sp³-hybridized carbons (Fsp3) is 0.318. The number of carbonyl (C=O) groups is 1. The Kier molecular flexibility index (Phi) is 5.22. The highest BCUT2D eigenvalue weighted by Crippen LogP contribution is 2.26. The summed E-state index contributed by atoms with van der Waals surface area (Å²) >= 11 is 0. The highest BCUT2D eigenvalue weighted by Gasteiger charge is 2.14. The molecular weight excluding hydrogens is 310 g/mol. The Morgan fingerprint density at radius 2 is 1.88 bits per heavy atom. The maximum atomic E-state index is 12.4. The van der Waals surface area contributed by atoms with E-state index in [2.05, 4.69) is 44.3 Å². The first-order valence-corrected chi connectivity index (χ1v) is 8.84. The summed E-state index contributed by atoms with van der Waals surface area (Å²) in [7, 11) is 0. The van der Waals surface area contributed by atoms with Gasteiger partial charge in [-0.1, -0.05) is 42.5 Å². The number of fused-ring (bicyclic) bond motifs is 1. The van der Waals surface area contributed by atoms with Crippen LogP contribution in [0, 0.1) is 13.8 Å². The van der Waals surface area contributed by atoms with Gasteiger partial charge in [-0.25, -0.2) is 0 Å². The van der Waals surface area contributed by atoms with Crippen LogP contribution in [0.15, 0.2) is 53.1 Å². The second kappa shape index (κ2) is 7.56. The first kappa shape index (κ1) is 17.3. The van der Waals surface area contributed by atoms with Crippen LogP contribution in [0.4, 0.5) is 0 Å². The summed E-state index contributed by atoms with van der Waals surface area (Å²) in [5.74, 6) is 0.0430. The van der Waals surface area contributed by atoms with Crippen molar-refractivity contribution in [3.63, 3.8) is 0 Å². The molecule has 1 aromatic heterocycles. The van der Waals surface area contributed by atoms with E-state index in [9.17, 15) is 4.79 Å². The van der Waals surface area contributed by atoms with Gasteiger partial charge in [0.2, 0.25) is 5.91 Å². The number of furan rings is 1.